The van der Waals surface area contributed by atoms with Gasteiger partial charge in [-0.1, -0.05) is 23.7 Å². The molecule has 0 saturated carbocycles. The average molecular weight is 299 g/mol. The summed E-state index contributed by atoms with van der Waals surface area (Å²) < 4.78 is 5.10. The van der Waals surface area contributed by atoms with Crippen molar-refractivity contribution < 1.29 is 9.21 Å². The van der Waals surface area contributed by atoms with Gasteiger partial charge in [-0.05, 0) is 42.5 Å². The predicted molar refractivity (Wildman–Crippen MR) is 81.5 cm³/mol. The third kappa shape index (κ3) is 4.37. The molecule has 5 heteroatoms. The van der Waals surface area contributed by atoms with Crippen molar-refractivity contribution in [3.8, 4) is 6.07 Å². The first kappa shape index (κ1) is 14.6. The van der Waals surface area contributed by atoms with Crippen molar-refractivity contribution in [1.29, 1.82) is 5.26 Å². The molecule has 0 radical (unpaired) electrons. The Morgan fingerprint density at radius 2 is 2.19 bits per heavy atom. The first-order valence-corrected chi connectivity index (χ1v) is 6.46. The van der Waals surface area contributed by atoms with Crippen molar-refractivity contribution in [2.24, 2.45) is 0 Å². The zero-order valence-corrected chi connectivity index (χ0v) is 11.7. The Bertz CT molecular complexity index is 725. The molecule has 0 unspecified atom stereocenters. The first-order valence-electron chi connectivity index (χ1n) is 6.08. The fraction of sp³-hybridized carbons (Fsp3) is 0. The summed E-state index contributed by atoms with van der Waals surface area (Å²) in [4.78, 5) is 11.9. The molecule has 21 heavy (non-hydrogen) atoms. The molecule has 0 atom stereocenters. The van der Waals surface area contributed by atoms with Gasteiger partial charge in [-0.15, -0.1) is 0 Å². The molecular formula is C16H11ClN2O2. The minimum Gasteiger partial charge on any atom is -0.465 e. The van der Waals surface area contributed by atoms with Crippen LogP contribution < -0.4 is 5.32 Å². The van der Waals surface area contributed by atoms with Gasteiger partial charge in [-0.3, -0.25) is 4.79 Å². The lowest BCUT2D eigenvalue weighted by atomic mass is 10.2. The van der Waals surface area contributed by atoms with Gasteiger partial charge in [-0.2, -0.15) is 5.26 Å². The van der Waals surface area contributed by atoms with E-state index in [-0.39, 0.29) is 5.57 Å². The number of hydrogen-bond acceptors (Lipinski definition) is 3. The van der Waals surface area contributed by atoms with E-state index in [1.54, 1.807) is 54.8 Å². The maximum Gasteiger partial charge on any atom is 0.266 e. The third-order valence-electron chi connectivity index (χ3n) is 2.51. The lowest BCUT2D eigenvalue weighted by molar-refractivity contribution is -0.112. The largest absolute Gasteiger partial charge is 0.465 e. The van der Waals surface area contributed by atoms with Crippen molar-refractivity contribution in [2.45, 2.75) is 0 Å². The summed E-state index contributed by atoms with van der Waals surface area (Å²) in [5.41, 5.74) is 0.515. The van der Waals surface area contributed by atoms with E-state index in [2.05, 4.69) is 5.32 Å². The number of anilines is 1. The molecule has 0 spiro atoms. The van der Waals surface area contributed by atoms with Gasteiger partial charge >= 0.3 is 0 Å². The number of benzene rings is 1. The number of rotatable bonds is 4. The summed E-state index contributed by atoms with van der Waals surface area (Å²) in [6.45, 7) is 0. The van der Waals surface area contributed by atoms with E-state index < -0.39 is 5.91 Å². The molecule has 1 N–H and O–H groups in total. The van der Waals surface area contributed by atoms with Crippen LogP contribution in [0.3, 0.4) is 0 Å². The van der Waals surface area contributed by atoms with Crippen LogP contribution in [-0.2, 0) is 4.79 Å². The SMILES string of the molecule is N#C/C(=C/C=C/c1ccco1)C(=O)Nc1cccc(Cl)c1. The van der Waals surface area contributed by atoms with Crippen LogP contribution >= 0.6 is 11.6 Å². The maximum atomic E-state index is 11.9. The molecule has 1 heterocycles. The molecule has 4 nitrogen and oxygen atoms in total. The summed E-state index contributed by atoms with van der Waals surface area (Å²) in [5.74, 6) is 0.141. The van der Waals surface area contributed by atoms with Crippen molar-refractivity contribution in [3.63, 3.8) is 0 Å². The molecule has 0 saturated heterocycles. The molecule has 0 aliphatic carbocycles. The van der Waals surface area contributed by atoms with Crippen molar-refractivity contribution >= 4 is 29.3 Å². The van der Waals surface area contributed by atoms with E-state index in [9.17, 15) is 4.79 Å². The van der Waals surface area contributed by atoms with Crippen molar-refractivity contribution in [2.75, 3.05) is 5.32 Å². The van der Waals surface area contributed by atoms with Crippen LogP contribution in [0, 0.1) is 11.3 Å². The standard InChI is InChI=1S/C16H11ClN2O2/c17-13-5-2-6-14(10-13)19-16(20)12(11-18)4-1-7-15-8-3-9-21-15/h1-10H,(H,19,20)/b7-1+,12-4-. The molecule has 0 aliphatic rings. The molecule has 0 bridgehead atoms. The highest BCUT2D eigenvalue weighted by molar-refractivity contribution is 6.31. The van der Waals surface area contributed by atoms with E-state index in [1.807, 2.05) is 6.07 Å². The Morgan fingerprint density at radius 3 is 2.86 bits per heavy atom. The number of nitrogens with one attached hydrogen (secondary N) is 1. The number of nitrogens with zero attached hydrogens (tertiary/aromatic N) is 1. The summed E-state index contributed by atoms with van der Waals surface area (Å²) in [6.07, 6.45) is 6.20. The number of carbonyl (C=O) groups excluding carboxylic acids is 1. The van der Waals surface area contributed by atoms with Crippen molar-refractivity contribution in [3.05, 3.63) is 71.2 Å². The molecule has 2 rings (SSSR count). The molecule has 1 amide bonds. The number of allylic oxidation sites excluding steroid dienone is 2. The third-order valence-corrected chi connectivity index (χ3v) is 2.75. The van der Waals surface area contributed by atoms with Crippen LogP contribution in [0.4, 0.5) is 5.69 Å². The fourth-order valence-corrected chi connectivity index (χ4v) is 1.74. The van der Waals surface area contributed by atoms with Gasteiger partial charge in [0, 0.05) is 10.7 Å². The van der Waals surface area contributed by atoms with Crippen LogP contribution in [0.1, 0.15) is 5.76 Å². The minimum absolute atomic E-state index is 0.0159. The van der Waals surface area contributed by atoms with E-state index in [4.69, 9.17) is 21.3 Å². The molecule has 2 aromatic rings. The Labute approximate surface area is 127 Å². The van der Waals surface area contributed by atoms with Gasteiger partial charge in [0.2, 0.25) is 0 Å². The topological polar surface area (TPSA) is 66.0 Å². The number of hydrogen-bond donors (Lipinski definition) is 1. The first-order chi connectivity index (χ1) is 10.2. The van der Waals surface area contributed by atoms with Crippen LogP contribution in [0.5, 0.6) is 0 Å². The van der Waals surface area contributed by atoms with E-state index in [0.29, 0.717) is 16.5 Å². The van der Waals surface area contributed by atoms with Crippen molar-refractivity contribution in [1.82, 2.24) is 0 Å². The Hall–Kier alpha value is -2.77. The second kappa shape index (κ2) is 7.13. The highest BCUT2D eigenvalue weighted by atomic mass is 35.5. The second-order valence-corrected chi connectivity index (χ2v) is 4.47. The molecule has 1 aromatic carbocycles. The maximum absolute atomic E-state index is 11.9. The number of furan rings is 1. The highest BCUT2D eigenvalue weighted by Gasteiger charge is 2.08. The number of carbonyl (C=O) groups is 1. The smallest absolute Gasteiger partial charge is 0.266 e. The zero-order valence-electron chi connectivity index (χ0n) is 10.9. The van der Waals surface area contributed by atoms with Crippen LogP contribution in [-0.4, -0.2) is 5.91 Å². The number of nitriles is 1. The van der Waals surface area contributed by atoms with Gasteiger partial charge < -0.3 is 9.73 Å². The molecule has 1 aromatic heterocycles. The van der Waals surface area contributed by atoms with E-state index in [0.717, 1.165) is 0 Å². The lowest BCUT2D eigenvalue weighted by Crippen LogP contribution is -2.13. The van der Waals surface area contributed by atoms with Crippen LogP contribution in [0.2, 0.25) is 5.02 Å². The average Bonchev–Trinajstić information content (AvgIpc) is 2.96. The highest BCUT2D eigenvalue weighted by Crippen LogP contribution is 2.15. The van der Waals surface area contributed by atoms with Gasteiger partial charge in [0.25, 0.3) is 5.91 Å². The van der Waals surface area contributed by atoms with Gasteiger partial charge in [-0.25, -0.2) is 0 Å². The normalized spacial score (nSPS) is 11.3. The molecule has 104 valence electrons. The second-order valence-electron chi connectivity index (χ2n) is 4.03. The minimum atomic E-state index is -0.496. The summed E-state index contributed by atoms with van der Waals surface area (Å²) in [6, 6.07) is 12.1. The lowest BCUT2D eigenvalue weighted by Gasteiger charge is -2.03. The Balaban J connectivity index is 2.06. The Kier molecular flexibility index (Phi) is 4.97. The summed E-state index contributed by atoms with van der Waals surface area (Å²) in [7, 11) is 0. The van der Waals surface area contributed by atoms with Crippen LogP contribution in [0.15, 0.2) is 64.8 Å². The number of amides is 1. The summed E-state index contributed by atoms with van der Waals surface area (Å²) >= 11 is 5.83. The monoisotopic (exact) mass is 298 g/mol. The molecule has 0 fully saturated rings. The van der Waals surface area contributed by atoms with E-state index >= 15 is 0 Å². The summed E-state index contributed by atoms with van der Waals surface area (Å²) in [5, 5.41) is 12.1. The number of halogens is 1. The van der Waals surface area contributed by atoms with Gasteiger partial charge in [0.05, 0.1) is 6.26 Å². The van der Waals surface area contributed by atoms with Crippen LogP contribution in [0.25, 0.3) is 6.08 Å². The molecular weight excluding hydrogens is 288 g/mol. The zero-order chi connectivity index (χ0) is 15.1. The fourth-order valence-electron chi connectivity index (χ4n) is 1.55. The molecule has 0 aliphatic heterocycles. The quantitative estimate of drug-likeness (QED) is 0.526. The Morgan fingerprint density at radius 1 is 1.33 bits per heavy atom. The van der Waals surface area contributed by atoms with E-state index in [1.165, 1.54) is 6.08 Å². The van der Waals surface area contributed by atoms with Gasteiger partial charge in [0.15, 0.2) is 0 Å². The predicted octanol–water partition coefficient (Wildman–Crippen LogP) is 4.03. The van der Waals surface area contributed by atoms with Gasteiger partial charge in [0.1, 0.15) is 17.4 Å².